The van der Waals surface area contributed by atoms with E-state index in [4.69, 9.17) is 8.22 Å². The Hall–Kier alpha value is -8.15. The zero-order valence-corrected chi connectivity index (χ0v) is 55.7. The van der Waals surface area contributed by atoms with Crippen molar-refractivity contribution in [3.05, 3.63) is 264 Å². The first-order chi connectivity index (χ1) is 42.5. The monoisotopic (exact) mass is 1140 g/mol. The van der Waals surface area contributed by atoms with E-state index in [1.54, 1.807) is 12.1 Å². The number of pyridine rings is 5. The lowest BCUT2D eigenvalue weighted by atomic mass is 9.97. The molecule has 0 saturated carbocycles. The summed E-state index contributed by atoms with van der Waals surface area (Å²) >= 11 is 0. The Morgan fingerprint density at radius 1 is 0.224 bits per heavy atom. The summed E-state index contributed by atoms with van der Waals surface area (Å²) in [5.74, 6) is 0. The molecule has 0 bridgehead atoms. The molecule has 440 valence electrons. The molecule has 10 rings (SSSR count). The first-order valence-corrected chi connectivity index (χ1v) is 29.7. The average molecular weight is 1140 g/mol. The predicted molar refractivity (Wildman–Crippen MR) is 360 cm³/mol. The molecule has 0 unspecified atom stereocenters. The van der Waals surface area contributed by atoms with E-state index in [0.29, 0.717) is 11.1 Å². The normalized spacial score (nSPS) is 12.0. The molecule has 0 aliphatic rings. The van der Waals surface area contributed by atoms with Crippen LogP contribution in [0.25, 0.3) is 56.3 Å². The molecular weight excluding hydrogens is 1030 g/mol. The van der Waals surface area contributed by atoms with Gasteiger partial charge in [-0.1, -0.05) is 66.2 Å². The molecule has 0 amide bonds. The van der Waals surface area contributed by atoms with Crippen molar-refractivity contribution in [2.75, 3.05) is 0 Å². The second-order valence-corrected chi connectivity index (χ2v) is 23.6. The molecule has 5 nitrogen and oxygen atoms in total. The first kappa shape index (κ1) is 57.3. The van der Waals surface area contributed by atoms with Gasteiger partial charge in [0.1, 0.15) is 35.2 Å². The highest BCUT2D eigenvalue weighted by atomic mass is 15.0. The van der Waals surface area contributed by atoms with E-state index in [-0.39, 0.29) is 0 Å². The third-order valence-corrected chi connectivity index (χ3v) is 17.6. The fraction of sp³-hybridized carbons (Fsp3) is 0.312. The highest BCUT2D eigenvalue weighted by molar-refractivity contribution is 5.69. The third-order valence-electron chi connectivity index (χ3n) is 17.6. The van der Waals surface area contributed by atoms with Crippen molar-refractivity contribution in [1.82, 2.24) is 0 Å². The van der Waals surface area contributed by atoms with Gasteiger partial charge < -0.3 is 0 Å². The molecule has 5 aromatic heterocycles. The summed E-state index contributed by atoms with van der Waals surface area (Å²) in [6.07, 6.45) is 0. The summed E-state index contributed by atoms with van der Waals surface area (Å²) in [6, 6.07) is 52.1. The van der Waals surface area contributed by atoms with E-state index in [1.165, 1.54) is 101 Å². The SMILES string of the molecule is Cc1ccc(-c2c(C)ccc(C)[n+]2C)c(C)c1.Cc1cccc(-c2c(C)ccc(C)[n+]2C)c1C.Cc1cccc(-c2c(C)ccc(C)[n+]2C)c1C.[2H]C([2H])([2H])c1cccc(-c2c(C)ccc(C)[n+]2C)c1C.[2H]C([2H])([2H])c1cccc(-c2c(C)ccc(C)[n+]2C)c1C. The van der Waals surface area contributed by atoms with Crippen LogP contribution in [-0.4, -0.2) is 0 Å². The fourth-order valence-corrected chi connectivity index (χ4v) is 11.2. The van der Waals surface area contributed by atoms with Gasteiger partial charge in [-0.25, -0.2) is 0 Å². The van der Waals surface area contributed by atoms with E-state index in [2.05, 4.69) is 256 Å². The van der Waals surface area contributed by atoms with Crippen molar-refractivity contribution in [2.24, 2.45) is 35.2 Å². The lowest BCUT2D eigenvalue weighted by Crippen LogP contribution is -2.35. The van der Waals surface area contributed by atoms with Crippen LogP contribution in [0.15, 0.2) is 152 Å². The molecule has 85 heavy (non-hydrogen) atoms. The Labute approximate surface area is 522 Å². The molecule has 5 heteroatoms. The van der Waals surface area contributed by atoms with Gasteiger partial charge in [0.2, 0.25) is 28.5 Å². The van der Waals surface area contributed by atoms with E-state index in [0.717, 1.165) is 56.2 Å². The highest BCUT2D eigenvalue weighted by Crippen LogP contribution is 2.30. The minimum Gasteiger partial charge on any atom is -0.198 e. The van der Waals surface area contributed by atoms with E-state index in [9.17, 15) is 0 Å². The summed E-state index contributed by atoms with van der Waals surface area (Å²) in [7, 11) is 10.4. The van der Waals surface area contributed by atoms with Gasteiger partial charge in [-0.05, 0) is 214 Å². The lowest BCUT2D eigenvalue weighted by Gasteiger charge is -2.10. The first-order valence-electron chi connectivity index (χ1n) is 32.7. The van der Waals surface area contributed by atoms with Crippen LogP contribution < -0.4 is 22.8 Å². The van der Waals surface area contributed by atoms with Crippen LogP contribution in [0.4, 0.5) is 0 Å². The molecule has 0 fully saturated rings. The minimum atomic E-state index is -2.07. The van der Waals surface area contributed by atoms with Gasteiger partial charge in [-0.15, -0.1) is 0 Å². The van der Waals surface area contributed by atoms with Crippen LogP contribution >= 0.6 is 0 Å². The minimum absolute atomic E-state index is 0.427. The van der Waals surface area contributed by atoms with Gasteiger partial charge in [-0.2, -0.15) is 22.8 Å². The molecule has 5 aromatic carbocycles. The van der Waals surface area contributed by atoms with E-state index >= 15 is 0 Å². The maximum absolute atomic E-state index is 7.65. The summed E-state index contributed by atoms with van der Waals surface area (Å²) in [5, 5.41) is 0. The summed E-state index contributed by atoms with van der Waals surface area (Å²) < 4.78 is 56.9. The Morgan fingerprint density at radius 3 is 0.706 bits per heavy atom. The second-order valence-electron chi connectivity index (χ2n) is 23.6. The quantitative estimate of drug-likeness (QED) is 0.153. The van der Waals surface area contributed by atoms with Crippen LogP contribution in [0.5, 0.6) is 0 Å². The molecule has 5 heterocycles. The largest absolute Gasteiger partial charge is 0.215 e. The van der Waals surface area contributed by atoms with Crippen molar-refractivity contribution >= 4 is 0 Å². The lowest BCUT2D eigenvalue weighted by molar-refractivity contribution is -0.667. The van der Waals surface area contributed by atoms with Gasteiger partial charge in [-0.3, -0.25) is 0 Å². The number of benzene rings is 5. The van der Waals surface area contributed by atoms with Crippen molar-refractivity contribution in [3.63, 3.8) is 0 Å². The number of rotatable bonds is 5. The zero-order chi connectivity index (χ0) is 67.9. The molecular formula is C80H100N5+5. The van der Waals surface area contributed by atoms with Gasteiger partial charge in [0.25, 0.3) is 0 Å². The Balaban J connectivity index is 0.000000181. The van der Waals surface area contributed by atoms with E-state index < -0.39 is 13.7 Å². The van der Waals surface area contributed by atoms with Crippen LogP contribution in [-0.2, 0) is 35.2 Å². The van der Waals surface area contributed by atoms with Crippen LogP contribution in [0.2, 0.25) is 0 Å². The third kappa shape index (κ3) is 15.0. The average Bonchev–Trinajstić information content (AvgIpc) is 1.61. The fourth-order valence-electron chi connectivity index (χ4n) is 11.2. The maximum atomic E-state index is 7.65. The number of hydrogen-bond donors (Lipinski definition) is 0. The summed E-state index contributed by atoms with van der Waals surface area (Å²) in [4.78, 5) is 0. The van der Waals surface area contributed by atoms with Crippen LogP contribution in [0, 0.1) is 138 Å². The number of nitrogens with zero attached hydrogens (tertiary/aromatic N) is 5. The predicted octanol–water partition coefficient (Wildman–Crippen LogP) is 17.1. The van der Waals surface area contributed by atoms with Crippen LogP contribution in [0.3, 0.4) is 0 Å². The maximum Gasteiger partial charge on any atom is 0.215 e. The number of aryl methyl sites for hydroxylation is 16. The highest BCUT2D eigenvalue weighted by Gasteiger charge is 2.23. The van der Waals surface area contributed by atoms with Crippen molar-refractivity contribution in [2.45, 2.75) is 138 Å². The molecule has 0 aliphatic carbocycles. The zero-order valence-electron chi connectivity index (χ0n) is 61.7. The molecule has 0 radical (unpaired) electrons. The molecule has 0 aliphatic heterocycles. The summed E-state index contributed by atoms with van der Waals surface area (Å²) in [5.41, 5.74) is 35.1. The molecule has 0 atom stereocenters. The van der Waals surface area contributed by atoms with Crippen LogP contribution in [0.1, 0.15) is 120 Å². The molecule has 10 aromatic rings. The Morgan fingerprint density at radius 2 is 0.459 bits per heavy atom. The van der Waals surface area contributed by atoms with Gasteiger partial charge in [0, 0.05) is 129 Å². The van der Waals surface area contributed by atoms with Gasteiger partial charge >= 0.3 is 0 Å². The number of aromatic nitrogens is 5. The summed E-state index contributed by atoms with van der Waals surface area (Å²) in [6.45, 7) is 33.9. The molecule has 0 N–H and O–H groups in total. The number of hydrogen-bond acceptors (Lipinski definition) is 0. The second kappa shape index (κ2) is 28.6. The van der Waals surface area contributed by atoms with Gasteiger partial charge in [0.15, 0.2) is 28.5 Å². The van der Waals surface area contributed by atoms with Crippen molar-refractivity contribution < 1.29 is 31.1 Å². The van der Waals surface area contributed by atoms with E-state index in [1.807, 2.05) is 66.1 Å². The Kier molecular flexibility index (Phi) is 19.3. The van der Waals surface area contributed by atoms with Crippen molar-refractivity contribution in [1.29, 1.82) is 0 Å². The Bertz CT molecular complexity index is 4080. The standard InChI is InChI=1S/5C16H20N/c1-11-6-9-15(13(3)10-11)16-12(2)7-8-14(4)17(16)5;4*1-11-7-6-8-15(14(11)4)16-12(2)9-10-13(3)17(16)5/h5*6-10H,1-5H3/q5*+1/i;2*1D3;;. The smallest absolute Gasteiger partial charge is 0.198 e. The topological polar surface area (TPSA) is 19.4 Å². The van der Waals surface area contributed by atoms with Gasteiger partial charge in [0.05, 0.1) is 0 Å². The molecule has 0 saturated heterocycles. The van der Waals surface area contributed by atoms with Crippen molar-refractivity contribution in [3.8, 4) is 56.3 Å². The molecule has 0 spiro atoms.